The highest BCUT2D eigenvalue weighted by atomic mass is 32.2. The van der Waals surface area contributed by atoms with Gasteiger partial charge in [0.15, 0.2) is 5.25 Å². The van der Waals surface area contributed by atoms with E-state index >= 15 is 0 Å². The van der Waals surface area contributed by atoms with Crippen LogP contribution in [0.3, 0.4) is 0 Å². The van der Waals surface area contributed by atoms with Crippen molar-refractivity contribution in [2.45, 2.75) is 37.5 Å². The quantitative estimate of drug-likeness (QED) is 0.782. The first kappa shape index (κ1) is 13.8. The second kappa shape index (κ2) is 5.14. The lowest BCUT2D eigenvalue weighted by molar-refractivity contribution is -0.136. The van der Waals surface area contributed by atoms with E-state index in [2.05, 4.69) is 4.90 Å². The summed E-state index contributed by atoms with van der Waals surface area (Å²) in [5, 5.41) is 7.51. The Kier molecular flexibility index (Phi) is 3.93. The van der Waals surface area contributed by atoms with Gasteiger partial charge in [-0.15, -0.1) is 0 Å². The molecule has 104 valence electrons. The zero-order valence-electron chi connectivity index (χ0n) is 10.6. The van der Waals surface area contributed by atoms with Crippen molar-refractivity contribution < 1.29 is 18.3 Å². The highest BCUT2D eigenvalue weighted by Gasteiger charge is 2.39. The van der Waals surface area contributed by atoms with Crippen molar-refractivity contribution in [3.8, 4) is 0 Å². The number of nitrogens with zero attached hydrogens (tertiary/aromatic N) is 2. The summed E-state index contributed by atoms with van der Waals surface area (Å²) in [4.78, 5) is 13.2. The van der Waals surface area contributed by atoms with Crippen LogP contribution in [0.15, 0.2) is 0 Å². The molecular formula is C11H20N2O4S. The minimum Gasteiger partial charge on any atom is -0.480 e. The SMILES string of the molecule is CC(C(=O)O)S(=O)(=O)N1CCN2CCCCC2C1. The van der Waals surface area contributed by atoms with E-state index < -0.39 is 21.2 Å². The van der Waals surface area contributed by atoms with Crippen LogP contribution in [-0.2, 0) is 14.8 Å². The van der Waals surface area contributed by atoms with Crippen LogP contribution in [0.4, 0.5) is 0 Å². The molecule has 2 heterocycles. The van der Waals surface area contributed by atoms with Crippen molar-refractivity contribution in [2.24, 2.45) is 0 Å². The number of rotatable bonds is 3. The Morgan fingerprint density at radius 2 is 2.00 bits per heavy atom. The third-order valence-corrected chi connectivity index (χ3v) is 6.10. The van der Waals surface area contributed by atoms with E-state index in [0.717, 1.165) is 25.9 Å². The predicted octanol–water partition coefficient (Wildman–Crippen LogP) is -0.0406. The first-order valence-corrected chi connectivity index (χ1v) is 7.89. The van der Waals surface area contributed by atoms with Crippen LogP contribution < -0.4 is 0 Å². The summed E-state index contributed by atoms with van der Waals surface area (Å²) in [5.41, 5.74) is 0. The second-order valence-corrected chi connectivity index (χ2v) is 7.32. The molecule has 0 aromatic rings. The third-order valence-electron chi connectivity index (χ3n) is 3.95. The molecule has 2 aliphatic heterocycles. The average Bonchev–Trinajstić information content (AvgIpc) is 2.37. The van der Waals surface area contributed by atoms with Crippen molar-refractivity contribution in [3.05, 3.63) is 0 Å². The number of carbonyl (C=O) groups is 1. The molecule has 0 aliphatic carbocycles. The lowest BCUT2D eigenvalue weighted by atomic mass is 10.0. The molecule has 0 aromatic heterocycles. The Labute approximate surface area is 108 Å². The topological polar surface area (TPSA) is 77.9 Å². The lowest BCUT2D eigenvalue weighted by Crippen LogP contribution is -2.57. The molecule has 2 saturated heterocycles. The Bertz CT molecular complexity index is 423. The summed E-state index contributed by atoms with van der Waals surface area (Å²) in [7, 11) is -3.70. The van der Waals surface area contributed by atoms with Gasteiger partial charge in [-0.2, -0.15) is 4.31 Å². The number of carboxylic acid groups (broad SMARTS) is 1. The molecule has 2 atom stereocenters. The van der Waals surface area contributed by atoms with Crippen molar-refractivity contribution in [1.82, 2.24) is 9.21 Å². The molecule has 0 spiro atoms. The summed E-state index contributed by atoms with van der Waals surface area (Å²) >= 11 is 0. The van der Waals surface area contributed by atoms with E-state index in [9.17, 15) is 13.2 Å². The predicted molar refractivity (Wildman–Crippen MR) is 66.8 cm³/mol. The van der Waals surface area contributed by atoms with Crippen molar-refractivity contribution in [3.63, 3.8) is 0 Å². The van der Waals surface area contributed by atoms with Gasteiger partial charge >= 0.3 is 5.97 Å². The Morgan fingerprint density at radius 3 is 2.67 bits per heavy atom. The maximum absolute atomic E-state index is 12.1. The van der Waals surface area contributed by atoms with Crippen LogP contribution >= 0.6 is 0 Å². The number of piperidine rings is 1. The molecule has 6 nitrogen and oxygen atoms in total. The monoisotopic (exact) mass is 276 g/mol. The van der Waals surface area contributed by atoms with Crippen LogP contribution in [0.25, 0.3) is 0 Å². The molecule has 0 amide bonds. The standard InChI is InChI=1S/C11H20N2O4S/c1-9(11(14)15)18(16,17)13-7-6-12-5-3-2-4-10(12)8-13/h9-10H,2-8H2,1H3,(H,14,15). The Hall–Kier alpha value is -0.660. The third kappa shape index (κ3) is 2.53. The van der Waals surface area contributed by atoms with Crippen LogP contribution in [0, 0.1) is 0 Å². The Morgan fingerprint density at radius 1 is 1.28 bits per heavy atom. The zero-order chi connectivity index (χ0) is 13.3. The van der Waals surface area contributed by atoms with Gasteiger partial charge in [0.1, 0.15) is 0 Å². The minimum atomic E-state index is -3.70. The van der Waals surface area contributed by atoms with Crippen LogP contribution in [0.1, 0.15) is 26.2 Å². The van der Waals surface area contributed by atoms with E-state index in [4.69, 9.17) is 5.11 Å². The fourth-order valence-corrected chi connectivity index (χ4v) is 4.13. The fraction of sp³-hybridized carbons (Fsp3) is 0.909. The minimum absolute atomic E-state index is 0.267. The van der Waals surface area contributed by atoms with Gasteiger partial charge in [0.05, 0.1) is 0 Å². The normalized spacial score (nSPS) is 28.6. The van der Waals surface area contributed by atoms with Crippen molar-refractivity contribution >= 4 is 16.0 Å². The van der Waals surface area contributed by atoms with Gasteiger partial charge in [-0.05, 0) is 26.3 Å². The summed E-state index contributed by atoms with van der Waals surface area (Å²) < 4.78 is 25.6. The number of piperazine rings is 1. The molecule has 0 bridgehead atoms. The van der Waals surface area contributed by atoms with Crippen molar-refractivity contribution in [2.75, 3.05) is 26.2 Å². The molecule has 1 N–H and O–H groups in total. The summed E-state index contributed by atoms with van der Waals surface area (Å²) in [5.74, 6) is -1.28. The van der Waals surface area contributed by atoms with E-state index in [1.54, 1.807) is 0 Å². The number of fused-ring (bicyclic) bond motifs is 1. The Balaban J connectivity index is 2.08. The van der Waals surface area contributed by atoms with Crippen molar-refractivity contribution in [1.29, 1.82) is 0 Å². The van der Waals surface area contributed by atoms with Gasteiger partial charge in [0.2, 0.25) is 10.0 Å². The number of sulfonamides is 1. The highest BCUT2D eigenvalue weighted by molar-refractivity contribution is 7.90. The molecule has 2 aliphatic rings. The molecule has 7 heteroatoms. The smallest absolute Gasteiger partial charge is 0.323 e. The first-order chi connectivity index (χ1) is 8.43. The molecule has 0 aromatic carbocycles. The maximum Gasteiger partial charge on any atom is 0.323 e. The molecule has 2 rings (SSSR count). The molecule has 2 fully saturated rings. The van der Waals surface area contributed by atoms with Gasteiger partial charge in [-0.3, -0.25) is 9.69 Å². The fourth-order valence-electron chi connectivity index (χ4n) is 2.71. The van der Waals surface area contributed by atoms with E-state index in [1.165, 1.54) is 17.6 Å². The number of hydrogen-bond donors (Lipinski definition) is 1. The average molecular weight is 276 g/mol. The number of carboxylic acids is 1. The van der Waals surface area contributed by atoms with Crippen LogP contribution in [0.2, 0.25) is 0 Å². The summed E-state index contributed by atoms with van der Waals surface area (Å²) in [6.07, 6.45) is 3.31. The zero-order valence-corrected chi connectivity index (χ0v) is 11.4. The molecule has 0 saturated carbocycles. The second-order valence-electron chi connectivity index (χ2n) is 5.07. The molecular weight excluding hydrogens is 256 g/mol. The number of aliphatic carboxylic acids is 1. The van der Waals surface area contributed by atoms with E-state index in [1.807, 2.05) is 0 Å². The number of hydrogen-bond acceptors (Lipinski definition) is 4. The van der Waals surface area contributed by atoms with E-state index in [0.29, 0.717) is 13.1 Å². The van der Waals surface area contributed by atoms with Gasteiger partial charge < -0.3 is 5.11 Å². The van der Waals surface area contributed by atoms with E-state index in [-0.39, 0.29) is 6.04 Å². The maximum atomic E-state index is 12.1. The van der Waals surface area contributed by atoms with Crippen LogP contribution in [-0.4, -0.2) is 66.2 Å². The molecule has 18 heavy (non-hydrogen) atoms. The highest BCUT2D eigenvalue weighted by Crippen LogP contribution is 2.23. The largest absolute Gasteiger partial charge is 0.480 e. The molecule has 2 unspecified atom stereocenters. The van der Waals surface area contributed by atoms with Gasteiger partial charge in [-0.25, -0.2) is 8.42 Å². The van der Waals surface area contributed by atoms with Crippen LogP contribution in [0.5, 0.6) is 0 Å². The lowest BCUT2D eigenvalue weighted by Gasteiger charge is -2.43. The van der Waals surface area contributed by atoms with Gasteiger partial charge in [0.25, 0.3) is 0 Å². The first-order valence-electron chi connectivity index (χ1n) is 6.38. The van der Waals surface area contributed by atoms with Gasteiger partial charge in [-0.1, -0.05) is 6.42 Å². The molecule has 0 radical (unpaired) electrons. The summed E-state index contributed by atoms with van der Waals surface area (Å²) in [6, 6.07) is 0.267. The van der Waals surface area contributed by atoms with Gasteiger partial charge in [0, 0.05) is 25.7 Å². The summed E-state index contributed by atoms with van der Waals surface area (Å²) in [6.45, 7) is 3.85.